The van der Waals surface area contributed by atoms with Gasteiger partial charge in [0.15, 0.2) is 0 Å². The van der Waals surface area contributed by atoms with Crippen molar-refractivity contribution in [3.63, 3.8) is 0 Å². The number of hydrogen-bond acceptors (Lipinski definition) is 7. The van der Waals surface area contributed by atoms with Gasteiger partial charge in [0.25, 0.3) is 0 Å². The zero-order chi connectivity index (χ0) is 14.5. The molecule has 0 aromatic carbocycles. The Hall–Kier alpha value is -2.09. The van der Waals surface area contributed by atoms with E-state index in [-0.39, 0.29) is 6.09 Å². The van der Waals surface area contributed by atoms with Gasteiger partial charge < -0.3 is 20.0 Å². The van der Waals surface area contributed by atoms with Gasteiger partial charge in [0, 0.05) is 32.2 Å². The van der Waals surface area contributed by atoms with E-state index in [0.29, 0.717) is 44.4 Å². The summed E-state index contributed by atoms with van der Waals surface area (Å²) in [4.78, 5) is 24.0. The number of hydrogen-bond donors (Lipinski definition) is 2. The van der Waals surface area contributed by atoms with Crippen molar-refractivity contribution in [2.24, 2.45) is 5.84 Å². The number of carbonyl (C=O) groups excluding carboxylic acids is 1. The third-order valence-electron chi connectivity index (χ3n) is 3.10. The van der Waals surface area contributed by atoms with Crippen molar-refractivity contribution >= 4 is 17.7 Å². The van der Waals surface area contributed by atoms with Crippen LogP contribution in [0.4, 0.5) is 16.4 Å². The van der Waals surface area contributed by atoms with Crippen LogP contribution in [0.5, 0.6) is 0 Å². The third kappa shape index (κ3) is 3.27. The van der Waals surface area contributed by atoms with Gasteiger partial charge in [0.05, 0.1) is 6.61 Å². The molecule has 1 aromatic heterocycles. The lowest BCUT2D eigenvalue weighted by Gasteiger charge is -2.34. The second-order valence-electron chi connectivity index (χ2n) is 4.48. The Morgan fingerprint density at radius 1 is 1.40 bits per heavy atom. The van der Waals surface area contributed by atoms with Gasteiger partial charge >= 0.3 is 6.09 Å². The van der Waals surface area contributed by atoms with E-state index in [2.05, 4.69) is 20.3 Å². The van der Waals surface area contributed by atoms with Crippen LogP contribution in [-0.4, -0.2) is 53.7 Å². The van der Waals surface area contributed by atoms with E-state index >= 15 is 0 Å². The van der Waals surface area contributed by atoms with E-state index < -0.39 is 0 Å². The molecule has 0 unspecified atom stereocenters. The minimum atomic E-state index is -0.254. The van der Waals surface area contributed by atoms with E-state index in [1.165, 1.54) is 0 Å². The highest BCUT2D eigenvalue weighted by Crippen LogP contribution is 2.17. The summed E-state index contributed by atoms with van der Waals surface area (Å²) in [6.45, 7) is 6.67. The summed E-state index contributed by atoms with van der Waals surface area (Å²) in [5.74, 6) is 7.44. The van der Waals surface area contributed by atoms with Crippen LogP contribution in [0.1, 0.15) is 12.7 Å². The number of nitrogens with two attached hydrogens (primary N) is 1. The van der Waals surface area contributed by atoms with Gasteiger partial charge in [-0.15, -0.1) is 0 Å². The van der Waals surface area contributed by atoms with Crippen LogP contribution in [0, 0.1) is 6.92 Å². The van der Waals surface area contributed by atoms with Crippen molar-refractivity contribution < 1.29 is 9.53 Å². The summed E-state index contributed by atoms with van der Waals surface area (Å²) < 4.78 is 4.99. The molecule has 1 saturated heterocycles. The number of rotatable bonds is 3. The fourth-order valence-electron chi connectivity index (χ4n) is 2.12. The van der Waals surface area contributed by atoms with Crippen molar-refractivity contribution in [2.45, 2.75) is 13.8 Å². The SMILES string of the molecule is CCOC(=O)N1CCN(c2cc(NN)nc(C)n2)CC1. The zero-order valence-electron chi connectivity index (χ0n) is 11.8. The molecule has 8 heteroatoms. The maximum Gasteiger partial charge on any atom is 0.409 e. The number of aromatic nitrogens is 2. The summed E-state index contributed by atoms with van der Waals surface area (Å²) in [6.07, 6.45) is -0.254. The predicted molar refractivity (Wildman–Crippen MR) is 75.4 cm³/mol. The molecule has 20 heavy (non-hydrogen) atoms. The molecule has 0 atom stereocenters. The number of piperazine rings is 1. The van der Waals surface area contributed by atoms with Crippen LogP contribution < -0.4 is 16.2 Å². The lowest BCUT2D eigenvalue weighted by Crippen LogP contribution is -2.49. The largest absolute Gasteiger partial charge is 0.450 e. The lowest BCUT2D eigenvalue weighted by atomic mass is 10.3. The molecular formula is C12H20N6O2. The smallest absolute Gasteiger partial charge is 0.409 e. The molecule has 2 rings (SSSR count). The van der Waals surface area contributed by atoms with Gasteiger partial charge in [0.1, 0.15) is 17.5 Å². The molecule has 0 spiro atoms. The molecule has 8 nitrogen and oxygen atoms in total. The van der Waals surface area contributed by atoms with Crippen LogP contribution in [-0.2, 0) is 4.74 Å². The van der Waals surface area contributed by atoms with Gasteiger partial charge in [-0.1, -0.05) is 0 Å². The maximum absolute atomic E-state index is 11.6. The number of anilines is 2. The highest BCUT2D eigenvalue weighted by atomic mass is 16.6. The number of ether oxygens (including phenoxy) is 1. The summed E-state index contributed by atoms with van der Waals surface area (Å²) in [6, 6.07) is 1.80. The molecular weight excluding hydrogens is 260 g/mol. The van der Waals surface area contributed by atoms with Crippen molar-refractivity contribution in [1.82, 2.24) is 14.9 Å². The first kappa shape index (κ1) is 14.3. The fraction of sp³-hybridized carbons (Fsp3) is 0.583. The molecule has 1 aromatic rings. The molecule has 2 heterocycles. The van der Waals surface area contributed by atoms with Gasteiger partial charge in [-0.25, -0.2) is 20.6 Å². The molecule has 0 saturated carbocycles. The first-order valence-electron chi connectivity index (χ1n) is 6.63. The van der Waals surface area contributed by atoms with Gasteiger partial charge in [-0.2, -0.15) is 0 Å². The van der Waals surface area contributed by atoms with Gasteiger partial charge in [-0.05, 0) is 13.8 Å². The Balaban J connectivity index is 2.00. The minimum absolute atomic E-state index is 0.254. The molecule has 1 aliphatic heterocycles. The zero-order valence-corrected chi connectivity index (χ0v) is 11.8. The highest BCUT2D eigenvalue weighted by molar-refractivity contribution is 5.68. The summed E-state index contributed by atoms with van der Waals surface area (Å²) >= 11 is 0. The molecule has 1 amide bonds. The Labute approximate surface area is 117 Å². The quantitative estimate of drug-likeness (QED) is 0.609. The van der Waals surface area contributed by atoms with Gasteiger partial charge in [-0.3, -0.25) is 0 Å². The minimum Gasteiger partial charge on any atom is -0.450 e. The van der Waals surface area contributed by atoms with Crippen LogP contribution in [0.25, 0.3) is 0 Å². The molecule has 1 aliphatic rings. The average molecular weight is 280 g/mol. The number of hydrazine groups is 1. The lowest BCUT2D eigenvalue weighted by molar-refractivity contribution is 0.105. The third-order valence-corrected chi connectivity index (χ3v) is 3.10. The predicted octanol–water partition coefficient (Wildman–Crippen LogP) is 0.349. The average Bonchev–Trinajstić information content (AvgIpc) is 2.47. The van der Waals surface area contributed by atoms with Crippen LogP contribution in [0.3, 0.4) is 0 Å². The van der Waals surface area contributed by atoms with Crippen LogP contribution >= 0.6 is 0 Å². The van der Waals surface area contributed by atoms with Crippen molar-refractivity contribution in [3.05, 3.63) is 11.9 Å². The monoisotopic (exact) mass is 280 g/mol. The molecule has 110 valence electrons. The van der Waals surface area contributed by atoms with Crippen molar-refractivity contribution in [2.75, 3.05) is 43.1 Å². The Kier molecular flexibility index (Phi) is 4.57. The van der Waals surface area contributed by atoms with E-state index in [1.807, 2.05) is 6.92 Å². The second kappa shape index (κ2) is 6.38. The van der Waals surface area contributed by atoms with E-state index in [4.69, 9.17) is 10.6 Å². The number of nitrogens with zero attached hydrogens (tertiary/aromatic N) is 4. The fourth-order valence-corrected chi connectivity index (χ4v) is 2.12. The Bertz CT molecular complexity index is 473. The molecule has 0 aliphatic carbocycles. The van der Waals surface area contributed by atoms with Gasteiger partial charge in [0.2, 0.25) is 0 Å². The first-order chi connectivity index (χ1) is 9.63. The highest BCUT2D eigenvalue weighted by Gasteiger charge is 2.23. The maximum atomic E-state index is 11.6. The standard InChI is InChI=1S/C12H20N6O2/c1-3-20-12(19)18-6-4-17(5-7-18)11-8-10(16-13)14-9(2)15-11/h8H,3-7,13H2,1-2H3,(H,14,15,16). The number of nitrogen functional groups attached to an aromatic ring is 1. The van der Waals surface area contributed by atoms with E-state index in [1.54, 1.807) is 17.9 Å². The molecule has 0 radical (unpaired) electrons. The normalized spacial score (nSPS) is 15.2. The number of carbonyl (C=O) groups is 1. The summed E-state index contributed by atoms with van der Waals surface area (Å²) in [7, 11) is 0. The van der Waals surface area contributed by atoms with Crippen molar-refractivity contribution in [1.29, 1.82) is 0 Å². The summed E-state index contributed by atoms with van der Waals surface area (Å²) in [5, 5.41) is 0. The molecule has 3 N–H and O–H groups in total. The summed E-state index contributed by atoms with van der Waals surface area (Å²) in [5.41, 5.74) is 2.53. The Morgan fingerprint density at radius 2 is 2.10 bits per heavy atom. The van der Waals surface area contributed by atoms with E-state index in [9.17, 15) is 4.79 Å². The number of aryl methyl sites for hydroxylation is 1. The second-order valence-corrected chi connectivity index (χ2v) is 4.48. The van der Waals surface area contributed by atoms with Crippen LogP contribution in [0.2, 0.25) is 0 Å². The molecule has 1 fully saturated rings. The molecule has 0 bridgehead atoms. The van der Waals surface area contributed by atoms with Crippen LogP contribution in [0.15, 0.2) is 6.07 Å². The Morgan fingerprint density at radius 3 is 2.70 bits per heavy atom. The number of amides is 1. The number of nitrogens with one attached hydrogen (secondary N) is 1. The van der Waals surface area contributed by atoms with E-state index in [0.717, 1.165) is 5.82 Å². The first-order valence-corrected chi connectivity index (χ1v) is 6.63. The topological polar surface area (TPSA) is 96.6 Å². The van der Waals surface area contributed by atoms with Crippen molar-refractivity contribution in [3.8, 4) is 0 Å².